The monoisotopic (exact) mass is 424 g/mol. The van der Waals surface area contributed by atoms with Crippen LogP contribution in [-0.2, 0) is 6.54 Å². The summed E-state index contributed by atoms with van der Waals surface area (Å²) in [6.45, 7) is 5.05. The molecule has 1 aliphatic heterocycles. The number of rotatable bonds is 5. The highest BCUT2D eigenvalue weighted by Crippen LogP contribution is 2.15. The second-order valence-corrected chi connectivity index (χ2v) is 5.24. The molecular weight excluding hydrogens is 401 g/mol. The number of nitrogens with one attached hydrogen (secondary N) is 1. The third-order valence-electron chi connectivity index (χ3n) is 3.85. The van der Waals surface area contributed by atoms with E-state index in [2.05, 4.69) is 22.1 Å². The van der Waals surface area contributed by atoms with E-state index in [0.717, 1.165) is 44.3 Å². The molecule has 3 N–H and O–H groups in total. The van der Waals surface area contributed by atoms with Crippen molar-refractivity contribution in [3.8, 4) is 0 Å². The van der Waals surface area contributed by atoms with Gasteiger partial charge in [0.2, 0.25) is 0 Å². The molecule has 1 aliphatic rings. The smallest absolute Gasteiger partial charge is 0.188 e. The Balaban J connectivity index is 0.00000242. The minimum atomic E-state index is -0.474. The Labute approximate surface area is 147 Å². The summed E-state index contributed by atoms with van der Waals surface area (Å²) >= 11 is 0. The zero-order chi connectivity index (χ0) is 15.2. The van der Waals surface area contributed by atoms with Crippen LogP contribution >= 0.6 is 24.0 Å². The number of likely N-dealkylation sites (N-methyl/N-ethyl adjacent to an activating group) is 1. The number of hydrogen-bond donors (Lipinski definition) is 2. The fourth-order valence-electron chi connectivity index (χ4n) is 2.66. The second kappa shape index (κ2) is 9.24. The van der Waals surface area contributed by atoms with Crippen LogP contribution in [0.2, 0.25) is 0 Å². The summed E-state index contributed by atoms with van der Waals surface area (Å²) in [4.78, 5) is 6.46. The molecular formula is C15H23F2IN4. The molecule has 1 heterocycles. The van der Waals surface area contributed by atoms with Gasteiger partial charge < -0.3 is 11.1 Å². The maximum absolute atomic E-state index is 13.4. The lowest BCUT2D eigenvalue weighted by atomic mass is 10.2. The van der Waals surface area contributed by atoms with Gasteiger partial charge in [0.15, 0.2) is 5.96 Å². The van der Waals surface area contributed by atoms with Crippen molar-refractivity contribution in [2.75, 3.05) is 19.6 Å². The van der Waals surface area contributed by atoms with E-state index >= 15 is 0 Å². The van der Waals surface area contributed by atoms with Gasteiger partial charge in [0, 0.05) is 18.2 Å². The van der Waals surface area contributed by atoms with Crippen LogP contribution in [0.5, 0.6) is 0 Å². The second-order valence-electron chi connectivity index (χ2n) is 5.24. The minimum Gasteiger partial charge on any atom is -0.370 e. The topological polar surface area (TPSA) is 53.6 Å². The van der Waals surface area contributed by atoms with Gasteiger partial charge in [-0.2, -0.15) is 0 Å². The number of likely N-dealkylation sites (tertiary alicyclic amines) is 1. The van der Waals surface area contributed by atoms with Gasteiger partial charge in [-0.15, -0.1) is 24.0 Å². The molecule has 0 radical (unpaired) electrons. The lowest BCUT2D eigenvalue weighted by Gasteiger charge is -2.23. The van der Waals surface area contributed by atoms with Crippen molar-refractivity contribution in [2.24, 2.45) is 10.7 Å². The number of hydrogen-bond acceptors (Lipinski definition) is 2. The quantitative estimate of drug-likeness (QED) is 0.434. The SMILES string of the molecule is CCN1CCCC1CNC(N)=NCc1cc(F)ccc1F.I. The normalized spacial score (nSPS) is 19.0. The van der Waals surface area contributed by atoms with E-state index in [4.69, 9.17) is 5.73 Å². The summed E-state index contributed by atoms with van der Waals surface area (Å²) in [5, 5.41) is 3.06. The zero-order valence-electron chi connectivity index (χ0n) is 12.7. The van der Waals surface area contributed by atoms with Gasteiger partial charge in [0.25, 0.3) is 0 Å². The van der Waals surface area contributed by atoms with Crippen molar-refractivity contribution in [2.45, 2.75) is 32.4 Å². The molecule has 1 fully saturated rings. The molecule has 124 valence electrons. The summed E-state index contributed by atoms with van der Waals surface area (Å²) in [7, 11) is 0. The van der Waals surface area contributed by atoms with Gasteiger partial charge in [0.1, 0.15) is 11.6 Å². The lowest BCUT2D eigenvalue weighted by Crippen LogP contribution is -2.42. The first kappa shape index (κ1) is 19.1. The van der Waals surface area contributed by atoms with Gasteiger partial charge in [-0.05, 0) is 44.1 Å². The Kier molecular flexibility index (Phi) is 8.02. The Morgan fingerprint density at radius 3 is 2.95 bits per heavy atom. The molecule has 0 spiro atoms. The molecule has 0 aromatic heterocycles. The van der Waals surface area contributed by atoms with Crippen LogP contribution in [0.3, 0.4) is 0 Å². The average Bonchev–Trinajstić information content (AvgIpc) is 2.93. The van der Waals surface area contributed by atoms with Crippen LogP contribution < -0.4 is 11.1 Å². The van der Waals surface area contributed by atoms with E-state index in [1.54, 1.807) is 0 Å². The molecule has 4 nitrogen and oxygen atoms in total. The number of aliphatic imine (C=N–C) groups is 1. The van der Waals surface area contributed by atoms with Gasteiger partial charge in [-0.25, -0.2) is 13.8 Å². The van der Waals surface area contributed by atoms with E-state index in [9.17, 15) is 8.78 Å². The van der Waals surface area contributed by atoms with E-state index in [1.165, 1.54) is 6.42 Å². The Hall–Kier alpha value is -0.960. The summed E-state index contributed by atoms with van der Waals surface area (Å²) < 4.78 is 26.5. The van der Waals surface area contributed by atoms with Crippen molar-refractivity contribution < 1.29 is 8.78 Å². The van der Waals surface area contributed by atoms with Gasteiger partial charge in [0.05, 0.1) is 6.54 Å². The van der Waals surface area contributed by atoms with E-state index in [0.29, 0.717) is 6.04 Å². The van der Waals surface area contributed by atoms with Crippen LogP contribution in [0, 0.1) is 11.6 Å². The standard InChI is InChI=1S/C15H22F2N4.HI/c1-2-21-7-3-4-13(21)10-20-15(18)19-9-11-8-12(16)5-6-14(11)17;/h5-6,8,13H,2-4,7,9-10H2,1H3,(H3,18,19,20);1H. The summed E-state index contributed by atoms with van der Waals surface area (Å²) in [5.74, 6) is -0.680. The summed E-state index contributed by atoms with van der Waals surface area (Å²) in [6, 6.07) is 3.79. The van der Waals surface area contributed by atoms with E-state index in [1.807, 2.05) is 0 Å². The van der Waals surface area contributed by atoms with Crippen molar-refractivity contribution >= 4 is 29.9 Å². The Bertz CT molecular complexity index is 510. The van der Waals surface area contributed by atoms with Crippen molar-refractivity contribution in [3.63, 3.8) is 0 Å². The lowest BCUT2D eigenvalue weighted by molar-refractivity contribution is 0.267. The predicted molar refractivity (Wildman–Crippen MR) is 95.4 cm³/mol. The van der Waals surface area contributed by atoms with Gasteiger partial charge in [-0.1, -0.05) is 6.92 Å². The average molecular weight is 424 g/mol. The molecule has 0 bridgehead atoms. The van der Waals surface area contributed by atoms with Crippen molar-refractivity contribution in [3.05, 3.63) is 35.4 Å². The zero-order valence-corrected chi connectivity index (χ0v) is 15.0. The van der Waals surface area contributed by atoms with Crippen LogP contribution in [0.25, 0.3) is 0 Å². The highest BCUT2D eigenvalue weighted by Gasteiger charge is 2.22. The number of halogens is 3. The Morgan fingerprint density at radius 1 is 1.45 bits per heavy atom. The third kappa shape index (κ3) is 5.35. The largest absolute Gasteiger partial charge is 0.370 e. The number of nitrogens with two attached hydrogens (primary N) is 1. The highest BCUT2D eigenvalue weighted by atomic mass is 127. The first-order valence-corrected chi connectivity index (χ1v) is 7.32. The summed E-state index contributed by atoms with van der Waals surface area (Å²) in [6.07, 6.45) is 2.35. The number of benzene rings is 1. The van der Waals surface area contributed by atoms with Crippen molar-refractivity contribution in [1.82, 2.24) is 10.2 Å². The number of guanidine groups is 1. The molecule has 1 atom stereocenters. The molecule has 0 aliphatic carbocycles. The molecule has 1 aromatic rings. The molecule has 1 unspecified atom stereocenters. The van der Waals surface area contributed by atoms with Gasteiger partial charge in [-0.3, -0.25) is 4.90 Å². The van der Waals surface area contributed by atoms with E-state index < -0.39 is 11.6 Å². The molecule has 1 saturated heterocycles. The molecule has 2 rings (SSSR count). The van der Waals surface area contributed by atoms with Crippen molar-refractivity contribution in [1.29, 1.82) is 0 Å². The van der Waals surface area contributed by atoms with Crippen LogP contribution in [0.4, 0.5) is 8.78 Å². The molecule has 1 aromatic carbocycles. The van der Waals surface area contributed by atoms with Crippen LogP contribution in [0.1, 0.15) is 25.3 Å². The van der Waals surface area contributed by atoms with Gasteiger partial charge >= 0.3 is 0 Å². The fourth-order valence-corrected chi connectivity index (χ4v) is 2.66. The molecule has 0 amide bonds. The third-order valence-corrected chi connectivity index (χ3v) is 3.85. The van der Waals surface area contributed by atoms with E-state index in [-0.39, 0.29) is 42.0 Å². The maximum atomic E-state index is 13.4. The highest BCUT2D eigenvalue weighted by molar-refractivity contribution is 14.0. The number of nitrogens with zero attached hydrogens (tertiary/aromatic N) is 2. The van der Waals surface area contributed by atoms with Crippen LogP contribution in [0.15, 0.2) is 23.2 Å². The molecule has 7 heteroatoms. The maximum Gasteiger partial charge on any atom is 0.188 e. The predicted octanol–water partition coefficient (Wildman–Crippen LogP) is 2.47. The first-order valence-electron chi connectivity index (χ1n) is 7.32. The summed E-state index contributed by atoms with van der Waals surface area (Å²) in [5.41, 5.74) is 5.98. The van der Waals surface area contributed by atoms with Crippen LogP contribution in [-0.4, -0.2) is 36.5 Å². The first-order chi connectivity index (χ1) is 10.1. The molecule has 0 saturated carbocycles. The molecule has 22 heavy (non-hydrogen) atoms. The Morgan fingerprint density at radius 2 is 2.23 bits per heavy atom. The minimum absolute atomic E-state index is 0. The fraction of sp³-hybridized carbons (Fsp3) is 0.533.